The fourth-order valence-corrected chi connectivity index (χ4v) is 2.30. The maximum Gasteiger partial charge on any atom is 0.318 e. The van der Waals surface area contributed by atoms with E-state index in [0.717, 1.165) is 0 Å². The van der Waals surface area contributed by atoms with Crippen LogP contribution in [0.3, 0.4) is 0 Å². The van der Waals surface area contributed by atoms with E-state index in [1.807, 2.05) is 13.0 Å². The number of aliphatic hydroxyl groups is 1. The van der Waals surface area contributed by atoms with Gasteiger partial charge in [-0.05, 0) is 36.8 Å². The molecule has 1 unspecified atom stereocenters. The Labute approximate surface area is 134 Å². The average Bonchev–Trinajstić information content (AvgIpc) is 2.58. The molecule has 2 aromatic rings. The molecule has 1 atom stereocenters. The molecule has 0 aliphatic carbocycles. The van der Waals surface area contributed by atoms with Crippen LogP contribution in [0, 0.1) is 5.82 Å². The van der Waals surface area contributed by atoms with Gasteiger partial charge in [-0.1, -0.05) is 18.2 Å². The molecule has 0 saturated carbocycles. The highest BCUT2D eigenvalue weighted by Gasteiger charge is 2.21. The van der Waals surface area contributed by atoms with Crippen molar-refractivity contribution in [2.75, 3.05) is 19.7 Å². The third kappa shape index (κ3) is 4.50. The van der Waals surface area contributed by atoms with E-state index < -0.39 is 6.04 Å². The normalized spacial score (nSPS) is 11.8. The highest BCUT2D eigenvalue weighted by molar-refractivity contribution is 5.75. The molecule has 0 radical (unpaired) electrons. The molecular weight excluding hydrogens is 297 g/mol. The van der Waals surface area contributed by atoms with Crippen LogP contribution in [0.4, 0.5) is 9.18 Å². The largest absolute Gasteiger partial charge is 0.395 e. The summed E-state index contributed by atoms with van der Waals surface area (Å²) < 4.78 is 13.5. The van der Waals surface area contributed by atoms with Gasteiger partial charge in [-0.25, -0.2) is 9.18 Å². The van der Waals surface area contributed by atoms with E-state index in [2.05, 4.69) is 10.3 Å². The van der Waals surface area contributed by atoms with Crippen molar-refractivity contribution < 1.29 is 14.3 Å². The van der Waals surface area contributed by atoms with Crippen molar-refractivity contribution in [1.29, 1.82) is 0 Å². The summed E-state index contributed by atoms with van der Waals surface area (Å²) in [6.45, 7) is 2.41. The summed E-state index contributed by atoms with van der Waals surface area (Å²) in [5.74, 6) is -0.375. The summed E-state index contributed by atoms with van der Waals surface area (Å²) in [5.41, 5.74) is 1.23. The number of benzene rings is 1. The molecule has 0 spiro atoms. The molecule has 0 fully saturated rings. The van der Waals surface area contributed by atoms with Crippen molar-refractivity contribution in [2.24, 2.45) is 0 Å². The van der Waals surface area contributed by atoms with Crippen molar-refractivity contribution in [2.45, 2.75) is 13.0 Å². The molecule has 1 heterocycles. The first-order chi connectivity index (χ1) is 11.2. The van der Waals surface area contributed by atoms with Gasteiger partial charge < -0.3 is 15.3 Å². The Balaban J connectivity index is 2.29. The molecule has 0 aliphatic rings. The number of aliphatic hydroxyl groups excluding tert-OH is 1. The number of aromatic nitrogens is 1. The molecule has 2 amide bonds. The molecule has 0 aliphatic heterocycles. The van der Waals surface area contributed by atoms with Gasteiger partial charge in [0.2, 0.25) is 0 Å². The number of hydrogen-bond acceptors (Lipinski definition) is 3. The Kier molecular flexibility index (Phi) is 6.05. The number of likely N-dealkylation sites (N-methyl/N-ethyl adjacent to an activating group) is 1. The van der Waals surface area contributed by atoms with Crippen molar-refractivity contribution >= 4 is 6.03 Å². The Bertz CT molecular complexity index is 637. The standard InChI is InChI=1S/C17H20FN3O2/c1-2-21(10-11-22)17(23)20-16(15-8-3-4-9-19-15)13-6-5-7-14(18)12-13/h3-9,12,16,22H,2,10-11H2,1H3,(H,20,23). The first-order valence-corrected chi connectivity index (χ1v) is 7.48. The van der Waals surface area contributed by atoms with Crippen molar-refractivity contribution in [1.82, 2.24) is 15.2 Å². The number of amides is 2. The number of nitrogens with zero attached hydrogens (tertiary/aromatic N) is 2. The number of carbonyl (C=O) groups excluding carboxylic acids is 1. The van der Waals surface area contributed by atoms with Gasteiger partial charge in [0.15, 0.2) is 0 Å². The number of carbonyl (C=O) groups is 1. The van der Waals surface area contributed by atoms with Crippen molar-refractivity contribution in [3.05, 3.63) is 65.7 Å². The Morgan fingerprint density at radius 1 is 1.35 bits per heavy atom. The van der Waals surface area contributed by atoms with Gasteiger partial charge >= 0.3 is 6.03 Å². The zero-order chi connectivity index (χ0) is 16.7. The van der Waals surface area contributed by atoms with Crippen LogP contribution >= 0.6 is 0 Å². The molecule has 23 heavy (non-hydrogen) atoms. The van der Waals surface area contributed by atoms with E-state index in [0.29, 0.717) is 17.8 Å². The van der Waals surface area contributed by atoms with Crippen LogP contribution in [-0.2, 0) is 0 Å². The number of halogens is 1. The number of hydrogen-bond donors (Lipinski definition) is 2. The highest BCUT2D eigenvalue weighted by Crippen LogP contribution is 2.21. The number of rotatable bonds is 6. The second-order valence-corrected chi connectivity index (χ2v) is 5.00. The first-order valence-electron chi connectivity index (χ1n) is 7.48. The Morgan fingerprint density at radius 2 is 2.17 bits per heavy atom. The lowest BCUT2D eigenvalue weighted by molar-refractivity contribution is 0.178. The van der Waals surface area contributed by atoms with Gasteiger partial charge in [0.1, 0.15) is 5.82 Å². The molecule has 122 valence electrons. The monoisotopic (exact) mass is 317 g/mol. The van der Waals surface area contributed by atoms with E-state index >= 15 is 0 Å². The molecule has 0 bridgehead atoms. The number of pyridine rings is 1. The van der Waals surface area contributed by atoms with E-state index in [4.69, 9.17) is 5.11 Å². The molecule has 2 rings (SSSR count). The average molecular weight is 317 g/mol. The van der Waals surface area contributed by atoms with Gasteiger partial charge in [0.25, 0.3) is 0 Å². The third-order valence-corrected chi connectivity index (χ3v) is 3.47. The fourth-order valence-electron chi connectivity index (χ4n) is 2.30. The van der Waals surface area contributed by atoms with Crippen LogP contribution in [0.25, 0.3) is 0 Å². The van der Waals surface area contributed by atoms with Crippen molar-refractivity contribution in [3.63, 3.8) is 0 Å². The van der Waals surface area contributed by atoms with Gasteiger partial charge in [0.05, 0.1) is 18.3 Å². The minimum atomic E-state index is -0.563. The quantitative estimate of drug-likeness (QED) is 0.859. The molecule has 2 N–H and O–H groups in total. The molecule has 1 aromatic heterocycles. The summed E-state index contributed by atoms with van der Waals surface area (Å²) in [6, 6.07) is 10.5. The molecule has 1 aromatic carbocycles. The van der Waals surface area contributed by atoms with E-state index in [9.17, 15) is 9.18 Å². The lowest BCUT2D eigenvalue weighted by Crippen LogP contribution is -2.43. The van der Waals surface area contributed by atoms with Crippen LogP contribution in [0.1, 0.15) is 24.2 Å². The minimum absolute atomic E-state index is 0.116. The summed E-state index contributed by atoms with van der Waals surface area (Å²) in [6.07, 6.45) is 1.62. The van der Waals surface area contributed by atoms with E-state index in [1.54, 1.807) is 30.5 Å². The lowest BCUT2D eigenvalue weighted by atomic mass is 10.0. The highest BCUT2D eigenvalue weighted by atomic mass is 19.1. The predicted octanol–water partition coefficient (Wildman–Crippen LogP) is 2.33. The molecule has 0 saturated heterocycles. The summed E-state index contributed by atoms with van der Waals surface area (Å²) in [7, 11) is 0. The number of nitrogens with one attached hydrogen (secondary N) is 1. The number of urea groups is 1. The summed E-state index contributed by atoms with van der Waals surface area (Å²) in [5, 5.41) is 11.9. The first kappa shape index (κ1) is 16.9. The van der Waals surface area contributed by atoms with Gasteiger partial charge in [0, 0.05) is 19.3 Å². The maximum atomic E-state index is 13.5. The van der Waals surface area contributed by atoms with Crippen LogP contribution < -0.4 is 5.32 Å². The second kappa shape index (κ2) is 8.24. The second-order valence-electron chi connectivity index (χ2n) is 5.00. The van der Waals surface area contributed by atoms with Gasteiger partial charge in [-0.3, -0.25) is 4.98 Å². The Hall–Kier alpha value is -2.47. The summed E-state index contributed by atoms with van der Waals surface area (Å²) in [4.78, 5) is 18.1. The zero-order valence-corrected chi connectivity index (χ0v) is 12.9. The van der Waals surface area contributed by atoms with Crippen LogP contribution in [-0.4, -0.2) is 40.7 Å². The van der Waals surface area contributed by atoms with Crippen molar-refractivity contribution in [3.8, 4) is 0 Å². The van der Waals surface area contributed by atoms with Crippen LogP contribution in [0.2, 0.25) is 0 Å². The zero-order valence-electron chi connectivity index (χ0n) is 12.9. The van der Waals surface area contributed by atoms with Crippen LogP contribution in [0.15, 0.2) is 48.7 Å². The molecular formula is C17H20FN3O2. The van der Waals surface area contributed by atoms with E-state index in [1.165, 1.54) is 17.0 Å². The van der Waals surface area contributed by atoms with Gasteiger partial charge in [-0.15, -0.1) is 0 Å². The molecule has 5 nitrogen and oxygen atoms in total. The van der Waals surface area contributed by atoms with Gasteiger partial charge in [-0.2, -0.15) is 0 Å². The maximum absolute atomic E-state index is 13.5. The predicted molar refractivity (Wildman–Crippen MR) is 85.3 cm³/mol. The SMILES string of the molecule is CCN(CCO)C(=O)NC(c1cccc(F)c1)c1ccccn1. The Morgan fingerprint density at radius 3 is 2.78 bits per heavy atom. The molecule has 6 heteroatoms. The summed E-state index contributed by atoms with van der Waals surface area (Å²) >= 11 is 0. The lowest BCUT2D eigenvalue weighted by Gasteiger charge is -2.25. The van der Waals surface area contributed by atoms with E-state index in [-0.39, 0.29) is 25.0 Å². The van der Waals surface area contributed by atoms with Crippen LogP contribution in [0.5, 0.6) is 0 Å². The third-order valence-electron chi connectivity index (χ3n) is 3.47. The minimum Gasteiger partial charge on any atom is -0.395 e. The topological polar surface area (TPSA) is 65.5 Å². The fraction of sp³-hybridized carbons (Fsp3) is 0.294. The smallest absolute Gasteiger partial charge is 0.318 e.